The van der Waals surface area contributed by atoms with E-state index in [2.05, 4.69) is 64.2 Å². The van der Waals surface area contributed by atoms with Crippen molar-refractivity contribution in [2.75, 3.05) is 5.32 Å². The van der Waals surface area contributed by atoms with Crippen molar-refractivity contribution in [3.8, 4) is 28.3 Å². The normalized spacial score (nSPS) is 10.9. The molecule has 0 saturated carbocycles. The predicted octanol–water partition coefficient (Wildman–Crippen LogP) is 9.01. The van der Waals surface area contributed by atoms with Crippen LogP contribution in [0.4, 0.5) is 5.69 Å². The number of aromatic amines is 2. The maximum absolute atomic E-state index is 12.9. The number of carbonyl (C=O) groups excluding carboxylic acids is 2. The van der Waals surface area contributed by atoms with E-state index < -0.39 is 0 Å². The van der Waals surface area contributed by atoms with Crippen LogP contribution in [-0.2, 0) is 6.54 Å². The van der Waals surface area contributed by atoms with E-state index in [1.807, 2.05) is 110 Å². The third-order valence-corrected chi connectivity index (χ3v) is 9.94. The zero-order valence-electron chi connectivity index (χ0n) is 31.2. The predicted molar refractivity (Wildman–Crippen MR) is 228 cm³/mol. The van der Waals surface area contributed by atoms with Gasteiger partial charge in [0.1, 0.15) is 0 Å². The lowest BCUT2D eigenvalue weighted by molar-refractivity contribution is 0.0946. The molecule has 0 aliphatic rings. The highest BCUT2D eigenvalue weighted by Gasteiger charge is 2.18. The van der Waals surface area contributed by atoms with Crippen LogP contribution in [0.2, 0.25) is 0 Å². The number of hydrogen-bond acceptors (Lipinski definition) is 8. The molecule has 5 aromatic carbocycles. The van der Waals surface area contributed by atoms with Gasteiger partial charge in [0.2, 0.25) is 0 Å². The Morgan fingerprint density at radius 3 is 1.78 bits per heavy atom. The minimum absolute atomic E-state index is 0.228. The summed E-state index contributed by atoms with van der Waals surface area (Å²) in [6, 6.07) is 40.6. The molecule has 5 aromatic heterocycles. The van der Waals surface area contributed by atoms with Crippen LogP contribution in [0.15, 0.2) is 159 Å². The van der Waals surface area contributed by atoms with Gasteiger partial charge in [0.25, 0.3) is 11.8 Å². The lowest BCUT2D eigenvalue weighted by atomic mass is 9.99. The van der Waals surface area contributed by atoms with Gasteiger partial charge in [0, 0.05) is 82.1 Å². The Kier molecular flexibility index (Phi) is 9.72. The number of aromatic nitrogens is 7. The lowest BCUT2D eigenvalue weighted by Crippen LogP contribution is -2.23. The summed E-state index contributed by atoms with van der Waals surface area (Å²) >= 11 is 0. The van der Waals surface area contributed by atoms with Crippen molar-refractivity contribution in [2.45, 2.75) is 6.54 Å². The van der Waals surface area contributed by atoms with Gasteiger partial charge in [-0.15, -0.1) is 0 Å². The Hall–Kier alpha value is -8.56. The number of pyridine rings is 3. The first-order valence-electron chi connectivity index (χ1n) is 18.6. The summed E-state index contributed by atoms with van der Waals surface area (Å²) in [7, 11) is 0. The molecular weight excluding hydrogens is 737 g/mol. The van der Waals surface area contributed by atoms with Crippen LogP contribution in [0.25, 0.3) is 65.6 Å². The van der Waals surface area contributed by atoms with Crippen LogP contribution >= 0.6 is 0 Å². The van der Waals surface area contributed by atoms with E-state index in [-0.39, 0.29) is 11.8 Å². The van der Waals surface area contributed by atoms with Gasteiger partial charge in [0.15, 0.2) is 11.4 Å². The highest BCUT2D eigenvalue weighted by molar-refractivity contribution is 6.12. The second-order valence-corrected chi connectivity index (χ2v) is 13.7. The maximum atomic E-state index is 12.9. The molecule has 0 aliphatic carbocycles. The first-order valence-corrected chi connectivity index (χ1v) is 18.6. The molecule has 0 saturated heterocycles. The van der Waals surface area contributed by atoms with Crippen molar-refractivity contribution in [1.29, 1.82) is 5.26 Å². The highest BCUT2D eigenvalue weighted by atomic mass is 16.2. The Balaban J connectivity index is 0.000000152. The van der Waals surface area contributed by atoms with E-state index in [0.29, 0.717) is 29.2 Å². The van der Waals surface area contributed by atoms with Crippen LogP contribution in [0, 0.1) is 11.3 Å². The van der Waals surface area contributed by atoms with Crippen molar-refractivity contribution >= 4 is 60.9 Å². The minimum Gasteiger partial charge on any atom is -0.346 e. The summed E-state index contributed by atoms with van der Waals surface area (Å²) in [4.78, 5) is 38.4. The minimum atomic E-state index is -0.343. The fraction of sp³-hybridized carbons (Fsp3) is 0.0213. The second kappa shape index (κ2) is 15.9. The third-order valence-electron chi connectivity index (χ3n) is 9.94. The average molecular weight is 769 g/mol. The van der Waals surface area contributed by atoms with Crippen molar-refractivity contribution in [1.82, 2.24) is 40.7 Å². The number of H-pyrrole nitrogens is 2. The molecule has 0 bridgehead atoms. The Morgan fingerprint density at radius 1 is 0.576 bits per heavy atom. The number of rotatable bonds is 7. The third kappa shape index (κ3) is 7.42. The number of nitrogens with one attached hydrogen (secondary N) is 4. The first-order chi connectivity index (χ1) is 29.0. The summed E-state index contributed by atoms with van der Waals surface area (Å²) in [5.41, 5.74) is 8.16. The fourth-order valence-electron chi connectivity index (χ4n) is 7.03. The number of nitrogens with zero attached hydrogens (tertiary/aromatic N) is 6. The van der Waals surface area contributed by atoms with E-state index in [0.717, 1.165) is 71.2 Å². The van der Waals surface area contributed by atoms with Crippen LogP contribution in [0.5, 0.6) is 0 Å². The van der Waals surface area contributed by atoms with Gasteiger partial charge < -0.3 is 10.6 Å². The van der Waals surface area contributed by atoms with Crippen LogP contribution in [0.1, 0.15) is 32.1 Å². The molecule has 0 fully saturated rings. The molecular formula is C47H32N10O2. The Morgan fingerprint density at radius 2 is 1.19 bits per heavy atom. The number of nitriles is 1. The topological polar surface area (TPSA) is 178 Å². The Labute approximate surface area is 336 Å². The molecule has 12 nitrogen and oxygen atoms in total. The lowest BCUT2D eigenvalue weighted by Gasteiger charge is -2.07. The zero-order valence-corrected chi connectivity index (χ0v) is 31.2. The van der Waals surface area contributed by atoms with Gasteiger partial charge in [-0.3, -0.25) is 34.7 Å². The summed E-state index contributed by atoms with van der Waals surface area (Å²) in [5.74, 6) is -0.571. The molecule has 0 spiro atoms. The zero-order chi connectivity index (χ0) is 40.1. The summed E-state index contributed by atoms with van der Waals surface area (Å²) in [6.45, 7) is 0.397. The number of benzene rings is 5. The van der Waals surface area contributed by atoms with Crippen LogP contribution in [0.3, 0.4) is 0 Å². The number of anilines is 1. The molecule has 2 amide bonds. The van der Waals surface area contributed by atoms with Crippen LogP contribution in [-0.4, -0.2) is 47.2 Å². The number of amides is 2. The molecule has 10 aromatic rings. The average Bonchev–Trinajstić information content (AvgIpc) is 3.93. The quantitative estimate of drug-likeness (QED) is 0.124. The fourth-order valence-corrected chi connectivity index (χ4v) is 7.03. The van der Waals surface area contributed by atoms with E-state index in [4.69, 9.17) is 5.26 Å². The smallest absolute Gasteiger partial charge is 0.276 e. The van der Waals surface area contributed by atoms with Crippen molar-refractivity contribution in [3.63, 3.8) is 0 Å². The van der Waals surface area contributed by atoms with Crippen molar-refractivity contribution in [3.05, 3.63) is 181 Å². The first kappa shape index (κ1) is 36.1. The van der Waals surface area contributed by atoms with Crippen molar-refractivity contribution < 1.29 is 9.59 Å². The molecule has 0 unspecified atom stereocenters. The number of carbonyl (C=O) groups is 2. The van der Waals surface area contributed by atoms with Gasteiger partial charge >= 0.3 is 0 Å². The van der Waals surface area contributed by atoms with Crippen molar-refractivity contribution in [2.24, 2.45) is 0 Å². The molecule has 12 heteroatoms. The number of fused-ring (bicyclic) bond motifs is 4. The maximum Gasteiger partial charge on any atom is 0.276 e. The van der Waals surface area contributed by atoms with E-state index in [9.17, 15) is 9.59 Å². The Bertz CT molecular complexity index is 3210. The monoisotopic (exact) mass is 768 g/mol. The molecule has 10 rings (SSSR count). The summed E-state index contributed by atoms with van der Waals surface area (Å²) in [6.07, 6.45) is 10.8. The van der Waals surface area contributed by atoms with E-state index >= 15 is 0 Å². The molecule has 4 N–H and O–H groups in total. The molecule has 0 atom stereocenters. The van der Waals surface area contributed by atoms with Gasteiger partial charge in [-0.25, -0.2) is 0 Å². The van der Waals surface area contributed by atoms with Gasteiger partial charge in [-0.2, -0.15) is 15.5 Å². The molecule has 5 heterocycles. The number of hydrogen-bond donors (Lipinski definition) is 4. The van der Waals surface area contributed by atoms with Gasteiger partial charge in [0.05, 0.1) is 22.7 Å². The molecule has 282 valence electrons. The largest absolute Gasteiger partial charge is 0.346 e. The van der Waals surface area contributed by atoms with E-state index in [1.165, 1.54) is 0 Å². The van der Waals surface area contributed by atoms with E-state index in [1.54, 1.807) is 36.7 Å². The standard InChI is InChI=1S/C24H15N5O.C23H17N5O/c25-12-15-4-3-6-18(10-15)27-24(30)23-20-11-16(8-9-22(20)28-29-23)21-14-26-13-17-5-1-2-7-19(17)21;29-23(26-12-15-4-3-9-24-11-15)22-19-10-16(7-8-21(19)27-28-22)20-14-25-13-17-5-1-2-6-18(17)20/h1-11,13-14H,(H,27,30)(H,28,29);1-11,13-14H,12H2,(H,26,29)(H,27,28). The van der Waals surface area contributed by atoms with Gasteiger partial charge in [-0.05, 0) is 76.0 Å². The second-order valence-electron chi connectivity index (χ2n) is 13.7. The molecule has 0 aliphatic heterocycles. The van der Waals surface area contributed by atoms with Gasteiger partial charge in [-0.1, -0.05) is 72.8 Å². The van der Waals surface area contributed by atoms with Crippen LogP contribution < -0.4 is 10.6 Å². The molecule has 0 radical (unpaired) electrons. The summed E-state index contributed by atoms with van der Waals surface area (Å²) in [5, 5.41) is 34.9. The molecule has 59 heavy (non-hydrogen) atoms. The highest BCUT2D eigenvalue weighted by Crippen LogP contribution is 2.32. The SMILES string of the molecule is N#Cc1cccc(NC(=O)c2n[nH]c3ccc(-c4cncc5ccccc45)cc23)c1.O=C(NCc1cccnc1)c1n[nH]c2ccc(-c3cncc4ccccc34)cc12. The summed E-state index contributed by atoms with van der Waals surface area (Å²) < 4.78 is 0.